The van der Waals surface area contributed by atoms with Crippen LogP contribution in [0.25, 0.3) is 0 Å². The molecule has 0 radical (unpaired) electrons. The summed E-state index contributed by atoms with van der Waals surface area (Å²) < 4.78 is 24.1. The van der Waals surface area contributed by atoms with Crippen LogP contribution < -0.4 is 10.6 Å². The van der Waals surface area contributed by atoms with E-state index in [0.717, 1.165) is 70.6 Å². The minimum atomic E-state index is -0.205. The maximum absolute atomic E-state index is 13.4. The molecule has 1 unspecified atom stereocenters. The average Bonchev–Trinajstić information content (AvgIpc) is 2.82. The molecule has 2 N–H and O–H groups in total. The molecule has 0 bridgehead atoms. The Labute approximate surface area is 186 Å². The summed E-state index contributed by atoms with van der Waals surface area (Å²) in [7, 11) is 3.57. The van der Waals surface area contributed by atoms with Gasteiger partial charge in [-0.25, -0.2) is 4.39 Å². The van der Waals surface area contributed by atoms with Gasteiger partial charge < -0.3 is 25.0 Å². The van der Waals surface area contributed by atoms with Gasteiger partial charge in [-0.3, -0.25) is 9.89 Å². The van der Waals surface area contributed by atoms with Crippen molar-refractivity contribution in [2.45, 2.75) is 18.9 Å². The Morgan fingerprint density at radius 2 is 1.87 bits per heavy atom. The molecule has 8 heteroatoms. The van der Waals surface area contributed by atoms with Gasteiger partial charge >= 0.3 is 0 Å². The minimum absolute atomic E-state index is 0.145. The van der Waals surface area contributed by atoms with E-state index in [2.05, 4.69) is 25.4 Å². The lowest BCUT2D eigenvalue weighted by molar-refractivity contribution is 0.0170. The topological polar surface area (TPSA) is 61.4 Å². The molecule has 2 saturated heterocycles. The molecular formula is C23H38FN5O2. The number of ether oxygens (including phenoxy) is 2. The second-order valence-corrected chi connectivity index (χ2v) is 8.33. The van der Waals surface area contributed by atoms with E-state index in [1.54, 1.807) is 7.11 Å². The Morgan fingerprint density at radius 3 is 2.52 bits per heavy atom. The van der Waals surface area contributed by atoms with E-state index in [9.17, 15) is 4.39 Å². The molecule has 0 aliphatic carbocycles. The number of aliphatic imine (C=N–C) groups is 1. The average molecular weight is 436 g/mol. The molecule has 2 fully saturated rings. The summed E-state index contributed by atoms with van der Waals surface area (Å²) in [6.07, 6.45) is 2.39. The monoisotopic (exact) mass is 435 g/mol. The first-order valence-electron chi connectivity index (χ1n) is 11.4. The van der Waals surface area contributed by atoms with E-state index in [0.29, 0.717) is 12.5 Å². The molecule has 2 heterocycles. The fraction of sp³-hybridized carbons (Fsp3) is 0.696. The van der Waals surface area contributed by atoms with Gasteiger partial charge in [0, 0.05) is 46.9 Å². The second kappa shape index (κ2) is 13.0. The zero-order chi connectivity index (χ0) is 21.9. The number of nitrogens with zero attached hydrogens (tertiary/aromatic N) is 3. The first kappa shape index (κ1) is 23.9. The molecule has 0 spiro atoms. The van der Waals surface area contributed by atoms with E-state index in [1.165, 1.54) is 25.0 Å². The lowest BCUT2D eigenvalue weighted by Gasteiger charge is -2.35. The second-order valence-electron chi connectivity index (χ2n) is 8.33. The van der Waals surface area contributed by atoms with Crippen molar-refractivity contribution in [3.8, 4) is 0 Å². The summed E-state index contributed by atoms with van der Waals surface area (Å²) in [5.74, 6) is 1.27. The first-order valence-corrected chi connectivity index (χ1v) is 11.4. The van der Waals surface area contributed by atoms with E-state index in [4.69, 9.17) is 9.47 Å². The molecule has 7 nitrogen and oxygen atoms in total. The highest BCUT2D eigenvalue weighted by Crippen LogP contribution is 2.22. The number of halogens is 1. The van der Waals surface area contributed by atoms with E-state index in [-0.39, 0.29) is 11.9 Å². The van der Waals surface area contributed by atoms with Gasteiger partial charge in [0.25, 0.3) is 0 Å². The van der Waals surface area contributed by atoms with Crippen molar-refractivity contribution in [3.63, 3.8) is 0 Å². The largest absolute Gasteiger partial charge is 0.383 e. The fourth-order valence-corrected chi connectivity index (χ4v) is 4.32. The molecule has 31 heavy (non-hydrogen) atoms. The van der Waals surface area contributed by atoms with Crippen molar-refractivity contribution >= 4 is 5.96 Å². The highest BCUT2D eigenvalue weighted by atomic mass is 19.1. The number of benzene rings is 1. The Kier molecular flexibility index (Phi) is 9.99. The molecule has 174 valence electrons. The normalized spacial score (nSPS) is 20.5. The summed E-state index contributed by atoms with van der Waals surface area (Å²) in [5, 5.41) is 7.00. The molecule has 1 atom stereocenters. The van der Waals surface area contributed by atoms with Crippen LogP contribution in [0.5, 0.6) is 0 Å². The van der Waals surface area contributed by atoms with Crippen LogP contribution >= 0.6 is 0 Å². The summed E-state index contributed by atoms with van der Waals surface area (Å²) in [6.45, 7) is 8.93. The minimum Gasteiger partial charge on any atom is -0.383 e. The molecule has 0 amide bonds. The Balaban J connectivity index is 1.48. The third kappa shape index (κ3) is 7.71. The van der Waals surface area contributed by atoms with Crippen molar-refractivity contribution in [1.82, 2.24) is 20.4 Å². The number of guanidine groups is 1. The van der Waals surface area contributed by atoms with Crippen LogP contribution in [-0.4, -0.2) is 95.6 Å². The standard InChI is InChI=1S/C23H38FN5O2/c1-25-23(26-17-19-7-9-28(10-8-19)11-14-30-2)27-18-22(29-12-15-31-16-13-29)20-3-5-21(24)6-4-20/h3-6,19,22H,7-18H2,1-2H3,(H2,25,26,27). The van der Waals surface area contributed by atoms with Gasteiger partial charge in [-0.05, 0) is 49.5 Å². The van der Waals surface area contributed by atoms with Crippen molar-refractivity contribution in [2.24, 2.45) is 10.9 Å². The molecular weight excluding hydrogens is 397 g/mol. The van der Waals surface area contributed by atoms with Crippen LogP contribution in [0, 0.1) is 11.7 Å². The van der Waals surface area contributed by atoms with Crippen LogP contribution in [0.2, 0.25) is 0 Å². The van der Waals surface area contributed by atoms with Crippen LogP contribution in [0.3, 0.4) is 0 Å². The predicted molar refractivity (Wildman–Crippen MR) is 122 cm³/mol. The van der Waals surface area contributed by atoms with Gasteiger partial charge in [0.15, 0.2) is 5.96 Å². The summed E-state index contributed by atoms with van der Waals surface area (Å²) in [5.41, 5.74) is 1.11. The molecule has 1 aromatic carbocycles. The summed E-state index contributed by atoms with van der Waals surface area (Å²) >= 11 is 0. The van der Waals surface area contributed by atoms with Gasteiger partial charge in [-0.1, -0.05) is 12.1 Å². The van der Waals surface area contributed by atoms with Crippen LogP contribution in [0.15, 0.2) is 29.3 Å². The van der Waals surface area contributed by atoms with Gasteiger partial charge in [0.1, 0.15) is 5.82 Å². The number of piperidine rings is 1. The number of morpholine rings is 1. The number of nitrogens with one attached hydrogen (secondary N) is 2. The van der Waals surface area contributed by atoms with Gasteiger partial charge in [-0.15, -0.1) is 0 Å². The number of rotatable bonds is 9. The van der Waals surface area contributed by atoms with Crippen molar-refractivity contribution < 1.29 is 13.9 Å². The summed E-state index contributed by atoms with van der Waals surface area (Å²) in [6, 6.07) is 6.98. The van der Waals surface area contributed by atoms with Crippen molar-refractivity contribution in [3.05, 3.63) is 35.6 Å². The Morgan fingerprint density at radius 1 is 1.16 bits per heavy atom. The van der Waals surface area contributed by atoms with Crippen molar-refractivity contribution in [1.29, 1.82) is 0 Å². The molecule has 1 aromatic rings. The smallest absolute Gasteiger partial charge is 0.191 e. The highest BCUT2D eigenvalue weighted by molar-refractivity contribution is 5.79. The van der Waals surface area contributed by atoms with Gasteiger partial charge in [-0.2, -0.15) is 0 Å². The van der Waals surface area contributed by atoms with E-state index >= 15 is 0 Å². The number of methoxy groups -OCH3 is 1. The number of hydrogen-bond acceptors (Lipinski definition) is 5. The van der Waals surface area contributed by atoms with Crippen molar-refractivity contribution in [2.75, 3.05) is 79.8 Å². The molecule has 2 aliphatic heterocycles. The summed E-state index contributed by atoms with van der Waals surface area (Å²) in [4.78, 5) is 9.29. The predicted octanol–water partition coefficient (Wildman–Crippen LogP) is 1.72. The van der Waals surface area contributed by atoms with Gasteiger partial charge in [0.05, 0.1) is 25.9 Å². The lowest BCUT2D eigenvalue weighted by atomic mass is 9.97. The van der Waals surface area contributed by atoms with Crippen LogP contribution in [-0.2, 0) is 9.47 Å². The first-order chi connectivity index (χ1) is 15.2. The fourth-order valence-electron chi connectivity index (χ4n) is 4.32. The van der Waals surface area contributed by atoms with Crippen LogP contribution in [0.1, 0.15) is 24.4 Å². The molecule has 2 aliphatic rings. The van der Waals surface area contributed by atoms with Crippen LogP contribution in [0.4, 0.5) is 4.39 Å². The SMILES string of the molecule is CN=C(NCC1CCN(CCOC)CC1)NCC(c1ccc(F)cc1)N1CCOCC1. The Hall–Kier alpha value is -1.74. The number of hydrogen-bond donors (Lipinski definition) is 2. The quantitative estimate of drug-likeness (QED) is 0.455. The third-order valence-corrected chi connectivity index (χ3v) is 6.30. The third-order valence-electron chi connectivity index (χ3n) is 6.30. The lowest BCUT2D eigenvalue weighted by Crippen LogP contribution is -2.47. The maximum atomic E-state index is 13.4. The maximum Gasteiger partial charge on any atom is 0.191 e. The Bertz CT molecular complexity index is 658. The molecule has 3 rings (SSSR count). The van der Waals surface area contributed by atoms with E-state index in [1.807, 2.05) is 19.2 Å². The van der Waals surface area contributed by atoms with E-state index < -0.39 is 0 Å². The number of likely N-dealkylation sites (tertiary alicyclic amines) is 1. The molecule has 0 saturated carbocycles. The van der Waals surface area contributed by atoms with Gasteiger partial charge in [0.2, 0.25) is 0 Å². The zero-order valence-corrected chi connectivity index (χ0v) is 19.0. The highest BCUT2D eigenvalue weighted by Gasteiger charge is 2.23. The zero-order valence-electron chi connectivity index (χ0n) is 19.0. The molecule has 0 aromatic heterocycles.